The van der Waals surface area contributed by atoms with Crippen LogP contribution in [0.3, 0.4) is 0 Å². The Bertz CT molecular complexity index is 254. The van der Waals surface area contributed by atoms with Crippen LogP contribution < -0.4 is 0 Å². The van der Waals surface area contributed by atoms with Crippen LogP contribution in [0.25, 0.3) is 0 Å². The van der Waals surface area contributed by atoms with E-state index in [2.05, 4.69) is 0 Å². The second-order valence-corrected chi connectivity index (χ2v) is 4.23. The molecule has 72 valence electrons. The summed E-state index contributed by atoms with van der Waals surface area (Å²) in [7, 11) is 0. The molecular formula is C11H16O2. The van der Waals surface area contributed by atoms with E-state index in [1.54, 1.807) is 0 Å². The van der Waals surface area contributed by atoms with E-state index in [0.717, 1.165) is 12.8 Å². The van der Waals surface area contributed by atoms with Crippen molar-refractivity contribution in [2.45, 2.75) is 33.6 Å². The normalized spacial score (nSPS) is 16.7. The molecule has 0 aromatic heterocycles. The van der Waals surface area contributed by atoms with Crippen molar-refractivity contribution in [3.63, 3.8) is 0 Å². The van der Waals surface area contributed by atoms with Crippen LogP contribution in [0.2, 0.25) is 0 Å². The first-order valence-electron chi connectivity index (χ1n) is 4.59. The fourth-order valence-electron chi connectivity index (χ4n) is 0.925. The van der Waals surface area contributed by atoms with Crippen LogP contribution in [0.4, 0.5) is 0 Å². The summed E-state index contributed by atoms with van der Waals surface area (Å²) in [4.78, 5) is 11.4. The molecule has 0 bridgehead atoms. The second kappa shape index (κ2) is 3.77. The van der Waals surface area contributed by atoms with E-state index in [4.69, 9.17) is 4.74 Å². The number of carbonyl (C=O) groups excluding carboxylic acids is 1. The van der Waals surface area contributed by atoms with E-state index >= 15 is 0 Å². The number of ether oxygens (including phenoxy) is 1. The predicted octanol–water partition coefficient (Wildman–Crippen LogP) is 2.81. The number of esters is 1. The topological polar surface area (TPSA) is 26.3 Å². The minimum absolute atomic E-state index is 0.176. The van der Waals surface area contributed by atoms with Crippen LogP contribution in [0.1, 0.15) is 33.6 Å². The van der Waals surface area contributed by atoms with Gasteiger partial charge in [-0.2, -0.15) is 0 Å². The van der Waals surface area contributed by atoms with Crippen molar-refractivity contribution in [3.05, 3.63) is 24.0 Å². The van der Waals surface area contributed by atoms with Gasteiger partial charge in [-0.1, -0.05) is 6.08 Å². The van der Waals surface area contributed by atoms with Crippen molar-refractivity contribution in [2.24, 2.45) is 5.41 Å². The average molecular weight is 180 g/mol. The average Bonchev–Trinajstić information content (AvgIpc) is 2.04. The van der Waals surface area contributed by atoms with E-state index in [9.17, 15) is 4.79 Å². The summed E-state index contributed by atoms with van der Waals surface area (Å²) in [6, 6.07) is 0. The van der Waals surface area contributed by atoms with Crippen LogP contribution in [-0.4, -0.2) is 5.97 Å². The molecule has 1 aliphatic carbocycles. The van der Waals surface area contributed by atoms with Crippen molar-refractivity contribution >= 4 is 5.97 Å². The second-order valence-electron chi connectivity index (χ2n) is 4.23. The van der Waals surface area contributed by atoms with Gasteiger partial charge in [0.15, 0.2) is 0 Å². The van der Waals surface area contributed by atoms with E-state index < -0.39 is 5.41 Å². The quantitative estimate of drug-likeness (QED) is 0.580. The molecule has 0 spiro atoms. The van der Waals surface area contributed by atoms with Gasteiger partial charge in [0.25, 0.3) is 0 Å². The molecule has 2 nitrogen and oxygen atoms in total. The Labute approximate surface area is 79.3 Å². The molecule has 0 heterocycles. The van der Waals surface area contributed by atoms with Crippen molar-refractivity contribution in [1.29, 1.82) is 0 Å². The summed E-state index contributed by atoms with van der Waals surface area (Å²) in [6.45, 7) is 5.55. The third-order valence-electron chi connectivity index (χ3n) is 1.78. The lowest BCUT2D eigenvalue weighted by Crippen LogP contribution is -2.22. The Morgan fingerprint density at radius 1 is 1.38 bits per heavy atom. The highest BCUT2D eigenvalue weighted by molar-refractivity contribution is 5.76. The van der Waals surface area contributed by atoms with Crippen LogP contribution in [0.15, 0.2) is 24.0 Å². The Morgan fingerprint density at radius 3 is 2.54 bits per heavy atom. The predicted molar refractivity (Wildman–Crippen MR) is 52.0 cm³/mol. The summed E-state index contributed by atoms with van der Waals surface area (Å²) in [6.07, 6.45) is 7.82. The van der Waals surface area contributed by atoms with Gasteiger partial charge >= 0.3 is 5.97 Å². The fraction of sp³-hybridized carbons (Fsp3) is 0.545. The SMILES string of the molecule is CC(C)(C)C(=O)OC1=CCCC=C1. The number of allylic oxidation sites excluding steroid dienone is 3. The highest BCUT2D eigenvalue weighted by atomic mass is 16.5. The zero-order chi connectivity index (χ0) is 9.90. The molecule has 0 aromatic rings. The third-order valence-corrected chi connectivity index (χ3v) is 1.78. The highest BCUT2D eigenvalue weighted by Crippen LogP contribution is 2.19. The van der Waals surface area contributed by atoms with Gasteiger partial charge in [-0.3, -0.25) is 4.79 Å². The first-order chi connectivity index (χ1) is 6.00. The summed E-state index contributed by atoms with van der Waals surface area (Å²) < 4.78 is 5.19. The molecule has 0 saturated carbocycles. The Morgan fingerprint density at radius 2 is 2.08 bits per heavy atom. The maximum atomic E-state index is 11.4. The Kier molecular flexibility index (Phi) is 2.91. The molecule has 0 atom stereocenters. The van der Waals surface area contributed by atoms with Crippen LogP contribution in [-0.2, 0) is 9.53 Å². The van der Waals surface area contributed by atoms with Gasteiger partial charge in [-0.15, -0.1) is 0 Å². The Balaban J connectivity index is 2.54. The maximum absolute atomic E-state index is 11.4. The van der Waals surface area contributed by atoms with E-state index in [0.29, 0.717) is 5.76 Å². The summed E-state index contributed by atoms with van der Waals surface area (Å²) in [5.41, 5.74) is -0.424. The molecule has 0 amide bonds. The molecular weight excluding hydrogens is 164 g/mol. The molecule has 13 heavy (non-hydrogen) atoms. The van der Waals surface area contributed by atoms with Gasteiger partial charge in [0.05, 0.1) is 5.41 Å². The molecule has 1 aliphatic rings. The van der Waals surface area contributed by atoms with Crippen molar-refractivity contribution in [1.82, 2.24) is 0 Å². The molecule has 0 saturated heterocycles. The van der Waals surface area contributed by atoms with Crippen LogP contribution in [0, 0.1) is 5.41 Å². The molecule has 1 rings (SSSR count). The zero-order valence-corrected chi connectivity index (χ0v) is 8.46. The molecule has 2 heteroatoms. The summed E-state index contributed by atoms with van der Waals surface area (Å²) in [5, 5.41) is 0. The van der Waals surface area contributed by atoms with Gasteiger partial charge in [0.1, 0.15) is 5.76 Å². The highest BCUT2D eigenvalue weighted by Gasteiger charge is 2.23. The fourth-order valence-corrected chi connectivity index (χ4v) is 0.925. The smallest absolute Gasteiger partial charge is 0.316 e. The van der Waals surface area contributed by atoms with E-state index in [-0.39, 0.29) is 5.97 Å². The lowest BCUT2D eigenvalue weighted by Gasteiger charge is -2.17. The number of hydrogen-bond donors (Lipinski definition) is 0. The van der Waals surface area contributed by atoms with E-state index in [1.165, 1.54) is 0 Å². The minimum atomic E-state index is -0.424. The van der Waals surface area contributed by atoms with Crippen LogP contribution >= 0.6 is 0 Å². The van der Waals surface area contributed by atoms with Crippen molar-refractivity contribution < 1.29 is 9.53 Å². The maximum Gasteiger partial charge on any atom is 0.316 e. The van der Waals surface area contributed by atoms with Gasteiger partial charge in [-0.05, 0) is 45.8 Å². The molecule has 0 N–H and O–H groups in total. The van der Waals surface area contributed by atoms with Crippen molar-refractivity contribution in [2.75, 3.05) is 0 Å². The van der Waals surface area contributed by atoms with Gasteiger partial charge in [0.2, 0.25) is 0 Å². The number of hydrogen-bond acceptors (Lipinski definition) is 2. The van der Waals surface area contributed by atoms with E-state index in [1.807, 2.05) is 39.0 Å². The molecule has 0 unspecified atom stereocenters. The van der Waals surface area contributed by atoms with Crippen molar-refractivity contribution in [3.8, 4) is 0 Å². The Hall–Kier alpha value is -1.05. The van der Waals surface area contributed by atoms with Gasteiger partial charge in [0, 0.05) is 0 Å². The summed E-state index contributed by atoms with van der Waals surface area (Å²) >= 11 is 0. The van der Waals surface area contributed by atoms with Gasteiger partial charge < -0.3 is 4.74 Å². The summed E-state index contributed by atoms with van der Waals surface area (Å²) in [5.74, 6) is 0.511. The van der Waals surface area contributed by atoms with Gasteiger partial charge in [-0.25, -0.2) is 0 Å². The molecule has 0 fully saturated rings. The lowest BCUT2D eigenvalue weighted by molar-refractivity contribution is -0.148. The molecule has 0 aliphatic heterocycles. The number of rotatable bonds is 1. The first kappa shape index (κ1) is 10.0. The lowest BCUT2D eigenvalue weighted by atomic mass is 9.97. The molecule has 0 radical (unpaired) electrons. The minimum Gasteiger partial charge on any atom is -0.427 e. The third kappa shape index (κ3) is 3.05. The molecule has 0 aromatic carbocycles. The largest absolute Gasteiger partial charge is 0.427 e. The standard InChI is InChI=1S/C11H16O2/c1-11(2,3)10(12)13-9-7-5-4-6-8-9/h5,7-8H,4,6H2,1-3H3. The first-order valence-corrected chi connectivity index (χ1v) is 4.59. The number of carbonyl (C=O) groups is 1. The monoisotopic (exact) mass is 180 g/mol. The zero-order valence-electron chi connectivity index (χ0n) is 8.46. The van der Waals surface area contributed by atoms with Crippen LogP contribution in [0.5, 0.6) is 0 Å².